The Morgan fingerprint density at radius 1 is 1.27 bits per heavy atom. The fourth-order valence-corrected chi connectivity index (χ4v) is 3.73. The van der Waals surface area contributed by atoms with Crippen molar-refractivity contribution in [2.24, 2.45) is 0 Å². The number of carbonyl (C=O) groups is 1. The van der Waals surface area contributed by atoms with Gasteiger partial charge in [-0.2, -0.15) is 0 Å². The molecule has 0 spiro atoms. The molecular formula is C17H21F2N5O2. The molecule has 9 heteroatoms. The Hall–Kier alpha value is -2.58. The van der Waals surface area contributed by atoms with E-state index in [2.05, 4.69) is 15.5 Å². The number of amides is 1. The van der Waals surface area contributed by atoms with E-state index in [-0.39, 0.29) is 12.4 Å². The smallest absolute Gasteiger partial charge is 0.408 e. The van der Waals surface area contributed by atoms with Crippen molar-refractivity contribution >= 4 is 6.09 Å². The molecule has 3 rings (SSSR count). The summed E-state index contributed by atoms with van der Waals surface area (Å²) in [4.78, 5) is 13.0. The Bertz CT molecular complexity index is 793. The third-order valence-electron chi connectivity index (χ3n) is 4.52. The summed E-state index contributed by atoms with van der Waals surface area (Å²) >= 11 is 0. The van der Waals surface area contributed by atoms with Gasteiger partial charge in [0.25, 0.3) is 5.92 Å². The summed E-state index contributed by atoms with van der Waals surface area (Å²) < 4.78 is 29.2. The minimum atomic E-state index is -2.96. The van der Waals surface area contributed by atoms with Crippen LogP contribution in [0.15, 0.2) is 30.3 Å². The number of alkyl halides is 2. The van der Waals surface area contributed by atoms with Crippen LogP contribution >= 0.6 is 0 Å². The maximum absolute atomic E-state index is 13.9. The Kier molecular flexibility index (Phi) is 4.20. The molecule has 1 fully saturated rings. The van der Waals surface area contributed by atoms with Gasteiger partial charge in [-0.3, -0.25) is 4.90 Å². The van der Waals surface area contributed by atoms with E-state index in [0.717, 1.165) is 10.5 Å². The standard InChI is InChI=1S/C17H21F2N5O2/c1-15(2,3)24(14(25)26)16(10-17(18,19)11-16)13-20-21-22-23(13)9-12-7-5-4-6-8-12/h4-8H,9-11H2,1-3H3,(H,25,26). The molecule has 140 valence electrons. The number of nitrogens with zero attached hydrogens (tertiary/aromatic N) is 5. The van der Waals surface area contributed by atoms with Gasteiger partial charge in [0.2, 0.25) is 0 Å². The topological polar surface area (TPSA) is 84.1 Å². The number of tetrazole rings is 1. The molecular weight excluding hydrogens is 344 g/mol. The van der Waals surface area contributed by atoms with Gasteiger partial charge in [-0.15, -0.1) is 5.10 Å². The summed E-state index contributed by atoms with van der Waals surface area (Å²) in [6, 6.07) is 9.30. The van der Waals surface area contributed by atoms with Crippen molar-refractivity contribution in [3.05, 3.63) is 41.7 Å². The monoisotopic (exact) mass is 365 g/mol. The average Bonchev–Trinajstić information content (AvgIpc) is 2.92. The summed E-state index contributed by atoms with van der Waals surface area (Å²) in [7, 11) is 0. The van der Waals surface area contributed by atoms with E-state index < -0.39 is 35.9 Å². The molecule has 1 aliphatic carbocycles. The molecule has 0 bridgehead atoms. The van der Waals surface area contributed by atoms with E-state index in [9.17, 15) is 18.7 Å². The zero-order valence-corrected chi connectivity index (χ0v) is 14.9. The molecule has 1 aromatic carbocycles. The van der Waals surface area contributed by atoms with Gasteiger partial charge in [-0.1, -0.05) is 30.3 Å². The van der Waals surface area contributed by atoms with Gasteiger partial charge in [0.05, 0.1) is 6.54 Å². The number of hydrogen-bond acceptors (Lipinski definition) is 4. The Balaban J connectivity index is 2.06. The van der Waals surface area contributed by atoms with E-state index in [0.29, 0.717) is 0 Å². The summed E-state index contributed by atoms with van der Waals surface area (Å²) in [6.45, 7) is 5.29. The highest BCUT2D eigenvalue weighted by atomic mass is 19.3. The van der Waals surface area contributed by atoms with Crippen LogP contribution in [0, 0.1) is 0 Å². The predicted octanol–water partition coefficient (Wildman–Crippen LogP) is 3.12. The summed E-state index contributed by atoms with van der Waals surface area (Å²) in [5.74, 6) is -2.81. The lowest BCUT2D eigenvalue weighted by atomic mass is 9.69. The second kappa shape index (κ2) is 6.00. The summed E-state index contributed by atoms with van der Waals surface area (Å²) in [5, 5.41) is 21.3. The summed E-state index contributed by atoms with van der Waals surface area (Å²) in [6.07, 6.45) is -2.56. The lowest BCUT2D eigenvalue weighted by Gasteiger charge is -2.55. The molecule has 1 N–H and O–H groups in total. The normalized spacial score (nSPS) is 18.2. The first-order chi connectivity index (χ1) is 12.1. The van der Waals surface area contributed by atoms with E-state index in [1.807, 2.05) is 30.3 Å². The average molecular weight is 365 g/mol. The Labute approximate surface area is 149 Å². The van der Waals surface area contributed by atoms with Crippen LogP contribution in [0.4, 0.5) is 13.6 Å². The van der Waals surface area contributed by atoms with Crippen molar-refractivity contribution in [2.45, 2.75) is 57.2 Å². The highest BCUT2D eigenvalue weighted by Crippen LogP contribution is 2.56. The fourth-order valence-electron chi connectivity index (χ4n) is 3.73. The molecule has 0 radical (unpaired) electrons. The second-order valence-electron chi connectivity index (χ2n) is 7.68. The molecule has 7 nitrogen and oxygen atoms in total. The zero-order chi connectivity index (χ0) is 19.2. The second-order valence-corrected chi connectivity index (χ2v) is 7.68. The van der Waals surface area contributed by atoms with Gasteiger partial charge in [0.15, 0.2) is 5.82 Å². The van der Waals surface area contributed by atoms with Gasteiger partial charge in [-0.25, -0.2) is 18.3 Å². The third-order valence-corrected chi connectivity index (χ3v) is 4.52. The SMILES string of the molecule is CC(C)(C)N(C(=O)O)C1(c2nnnn2Cc2ccccc2)CC(F)(F)C1. The van der Waals surface area contributed by atoms with Crippen molar-refractivity contribution in [3.8, 4) is 0 Å². The number of benzene rings is 1. The van der Waals surface area contributed by atoms with Crippen molar-refractivity contribution < 1.29 is 18.7 Å². The van der Waals surface area contributed by atoms with Crippen molar-refractivity contribution in [2.75, 3.05) is 0 Å². The fraction of sp³-hybridized carbons (Fsp3) is 0.529. The molecule has 1 amide bonds. The van der Waals surface area contributed by atoms with Crippen LogP contribution in [0.25, 0.3) is 0 Å². The highest BCUT2D eigenvalue weighted by Gasteiger charge is 2.66. The Morgan fingerprint density at radius 2 is 1.88 bits per heavy atom. The molecule has 26 heavy (non-hydrogen) atoms. The first-order valence-corrected chi connectivity index (χ1v) is 8.27. The molecule has 0 unspecified atom stereocenters. The van der Waals surface area contributed by atoms with E-state index in [1.54, 1.807) is 20.8 Å². The first kappa shape index (κ1) is 18.2. The molecule has 1 saturated carbocycles. The lowest BCUT2D eigenvalue weighted by molar-refractivity contribution is -0.191. The summed E-state index contributed by atoms with van der Waals surface area (Å²) in [5.41, 5.74) is -1.47. The van der Waals surface area contributed by atoms with Gasteiger partial charge in [0, 0.05) is 18.4 Å². The van der Waals surface area contributed by atoms with Gasteiger partial charge < -0.3 is 5.11 Å². The molecule has 0 atom stereocenters. The van der Waals surface area contributed by atoms with Gasteiger partial charge >= 0.3 is 6.09 Å². The van der Waals surface area contributed by atoms with Gasteiger partial charge in [-0.05, 0) is 36.8 Å². The maximum Gasteiger partial charge on any atom is 0.408 e. The maximum atomic E-state index is 13.9. The number of carboxylic acid groups (broad SMARTS) is 1. The minimum absolute atomic E-state index is 0.143. The predicted molar refractivity (Wildman–Crippen MR) is 88.8 cm³/mol. The molecule has 0 saturated heterocycles. The first-order valence-electron chi connectivity index (χ1n) is 8.27. The van der Waals surface area contributed by atoms with Crippen LogP contribution < -0.4 is 0 Å². The minimum Gasteiger partial charge on any atom is -0.465 e. The molecule has 0 aliphatic heterocycles. The largest absolute Gasteiger partial charge is 0.465 e. The van der Waals surface area contributed by atoms with Crippen LogP contribution in [0.2, 0.25) is 0 Å². The Morgan fingerprint density at radius 3 is 2.38 bits per heavy atom. The number of rotatable bonds is 4. The van der Waals surface area contributed by atoms with Crippen LogP contribution in [0.3, 0.4) is 0 Å². The van der Waals surface area contributed by atoms with E-state index in [4.69, 9.17) is 0 Å². The van der Waals surface area contributed by atoms with Crippen molar-refractivity contribution in [1.29, 1.82) is 0 Å². The zero-order valence-electron chi connectivity index (χ0n) is 14.9. The van der Waals surface area contributed by atoms with Crippen molar-refractivity contribution in [1.82, 2.24) is 25.1 Å². The van der Waals surface area contributed by atoms with Crippen LogP contribution in [-0.4, -0.2) is 47.8 Å². The van der Waals surface area contributed by atoms with E-state index >= 15 is 0 Å². The quantitative estimate of drug-likeness (QED) is 0.900. The van der Waals surface area contributed by atoms with Crippen LogP contribution in [0.5, 0.6) is 0 Å². The number of hydrogen-bond donors (Lipinski definition) is 1. The molecule has 2 aromatic rings. The van der Waals surface area contributed by atoms with Crippen LogP contribution in [0.1, 0.15) is 45.0 Å². The van der Waals surface area contributed by atoms with Gasteiger partial charge in [0.1, 0.15) is 5.54 Å². The molecule has 1 aromatic heterocycles. The number of halogens is 2. The van der Waals surface area contributed by atoms with Crippen LogP contribution in [-0.2, 0) is 12.1 Å². The molecule has 1 heterocycles. The lowest BCUT2D eigenvalue weighted by Crippen LogP contribution is -2.67. The van der Waals surface area contributed by atoms with E-state index in [1.165, 1.54) is 4.68 Å². The third kappa shape index (κ3) is 3.13. The van der Waals surface area contributed by atoms with Crippen molar-refractivity contribution in [3.63, 3.8) is 0 Å². The number of aromatic nitrogens is 4. The molecule has 1 aliphatic rings. The highest BCUT2D eigenvalue weighted by molar-refractivity contribution is 5.68.